The first kappa shape index (κ1) is 21.0. The molecule has 1 N–H and O–H groups in total. The van der Waals surface area contributed by atoms with E-state index < -0.39 is 0 Å². The van der Waals surface area contributed by atoms with Crippen LogP contribution in [-0.4, -0.2) is 53.8 Å². The molecule has 1 heterocycles. The van der Waals surface area contributed by atoms with Crippen LogP contribution in [0, 0.1) is 0 Å². The molecule has 2 rings (SSSR count). The number of hydrogen-bond donors (Lipinski definition) is 1. The van der Waals surface area contributed by atoms with E-state index in [-0.39, 0.29) is 24.4 Å². The van der Waals surface area contributed by atoms with Gasteiger partial charge in [-0.3, -0.25) is 14.5 Å². The fourth-order valence-electron chi connectivity index (χ4n) is 3.28. The van der Waals surface area contributed by atoms with Gasteiger partial charge in [0, 0.05) is 18.3 Å². The summed E-state index contributed by atoms with van der Waals surface area (Å²) in [7, 11) is 1.79. The fraction of sp³-hybridized carbons (Fsp3) is 0.579. The molecule has 7 heteroatoms. The minimum Gasteiger partial charge on any atom is -0.338 e. The van der Waals surface area contributed by atoms with Crippen molar-refractivity contribution in [2.45, 2.75) is 51.6 Å². The lowest BCUT2D eigenvalue weighted by atomic mass is 9.99. The number of carbonyl (C=O) groups excluding carboxylic acids is 2. The summed E-state index contributed by atoms with van der Waals surface area (Å²) in [6, 6.07) is 4.91. The second-order valence-electron chi connectivity index (χ2n) is 6.86. The SMILES string of the molecule is CCC1CCCCN1C(=O)C(C)N(C)CC(=O)Nc1ccc(Cl)c(Cl)c1. The zero-order valence-electron chi connectivity index (χ0n) is 15.6. The molecule has 2 amide bonds. The van der Waals surface area contributed by atoms with Crippen molar-refractivity contribution in [3.8, 4) is 0 Å². The highest BCUT2D eigenvalue weighted by molar-refractivity contribution is 6.42. The Labute approximate surface area is 165 Å². The lowest BCUT2D eigenvalue weighted by Gasteiger charge is -2.38. The summed E-state index contributed by atoms with van der Waals surface area (Å²) in [6.07, 6.45) is 4.27. The lowest BCUT2D eigenvalue weighted by molar-refractivity contribution is -0.140. The third-order valence-corrected chi connectivity index (χ3v) is 5.74. The number of hydrogen-bond acceptors (Lipinski definition) is 3. The van der Waals surface area contributed by atoms with Gasteiger partial charge in [0.25, 0.3) is 0 Å². The van der Waals surface area contributed by atoms with Gasteiger partial charge in [-0.25, -0.2) is 0 Å². The maximum atomic E-state index is 12.9. The molecule has 0 spiro atoms. The van der Waals surface area contributed by atoms with Crippen molar-refractivity contribution in [3.63, 3.8) is 0 Å². The average Bonchev–Trinajstić information content (AvgIpc) is 2.63. The Morgan fingerprint density at radius 1 is 1.31 bits per heavy atom. The summed E-state index contributed by atoms with van der Waals surface area (Å²) in [6.45, 7) is 4.91. The Balaban J connectivity index is 1.92. The Bertz CT molecular complexity index is 654. The number of halogens is 2. The van der Waals surface area contributed by atoms with E-state index >= 15 is 0 Å². The molecular formula is C19H27Cl2N3O2. The second-order valence-corrected chi connectivity index (χ2v) is 7.67. The summed E-state index contributed by atoms with van der Waals surface area (Å²) in [5.41, 5.74) is 0.582. The molecular weight excluding hydrogens is 373 g/mol. The van der Waals surface area contributed by atoms with Crippen LogP contribution in [0.4, 0.5) is 5.69 Å². The van der Waals surface area contributed by atoms with Crippen LogP contribution in [0.3, 0.4) is 0 Å². The van der Waals surface area contributed by atoms with Gasteiger partial charge in [-0.15, -0.1) is 0 Å². The summed E-state index contributed by atoms with van der Waals surface area (Å²) in [5, 5.41) is 3.61. The van der Waals surface area contributed by atoms with Crippen molar-refractivity contribution in [1.82, 2.24) is 9.80 Å². The van der Waals surface area contributed by atoms with Gasteiger partial charge in [-0.2, -0.15) is 0 Å². The number of piperidine rings is 1. The third kappa shape index (κ3) is 5.35. The Morgan fingerprint density at radius 2 is 2.04 bits per heavy atom. The molecule has 2 atom stereocenters. The quantitative estimate of drug-likeness (QED) is 0.784. The van der Waals surface area contributed by atoms with Crippen LogP contribution < -0.4 is 5.32 Å². The summed E-state index contributed by atoms with van der Waals surface area (Å²) in [4.78, 5) is 28.9. The summed E-state index contributed by atoms with van der Waals surface area (Å²) in [5.74, 6) is -0.0994. The van der Waals surface area contributed by atoms with Gasteiger partial charge < -0.3 is 10.2 Å². The number of carbonyl (C=O) groups is 2. The number of likely N-dealkylation sites (tertiary alicyclic amines) is 1. The molecule has 1 aromatic rings. The predicted molar refractivity (Wildman–Crippen MR) is 107 cm³/mol. The first-order chi connectivity index (χ1) is 12.3. The first-order valence-corrected chi connectivity index (χ1v) is 9.84. The molecule has 1 fully saturated rings. The van der Waals surface area contributed by atoms with Gasteiger partial charge >= 0.3 is 0 Å². The number of rotatable bonds is 6. The largest absolute Gasteiger partial charge is 0.338 e. The van der Waals surface area contributed by atoms with E-state index in [1.807, 2.05) is 11.8 Å². The molecule has 0 radical (unpaired) electrons. The minimum absolute atomic E-state index is 0.0985. The number of amides is 2. The van der Waals surface area contributed by atoms with Crippen molar-refractivity contribution < 1.29 is 9.59 Å². The Morgan fingerprint density at radius 3 is 2.69 bits per heavy atom. The van der Waals surface area contributed by atoms with Crippen molar-refractivity contribution >= 4 is 40.7 Å². The van der Waals surface area contributed by atoms with E-state index in [0.29, 0.717) is 21.8 Å². The monoisotopic (exact) mass is 399 g/mol. The van der Waals surface area contributed by atoms with E-state index in [4.69, 9.17) is 23.2 Å². The lowest BCUT2D eigenvalue weighted by Crippen LogP contribution is -2.52. The molecule has 1 aliphatic rings. The maximum absolute atomic E-state index is 12.9. The zero-order chi connectivity index (χ0) is 19.3. The first-order valence-electron chi connectivity index (χ1n) is 9.09. The minimum atomic E-state index is -0.346. The van der Waals surface area contributed by atoms with Crippen molar-refractivity contribution in [1.29, 1.82) is 0 Å². The molecule has 144 valence electrons. The van der Waals surface area contributed by atoms with Gasteiger partial charge in [-0.1, -0.05) is 30.1 Å². The van der Waals surface area contributed by atoms with Crippen LogP contribution in [0.2, 0.25) is 10.0 Å². The number of nitrogens with one attached hydrogen (secondary N) is 1. The molecule has 1 aromatic carbocycles. The van der Waals surface area contributed by atoms with Crippen molar-refractivity contribution in [2.24, 2.45) is 0 Å². The van der Waals surface area contributed by atoms with E-state index in [1.165, 1.54) is 6.42 Å². The normalized spacial score (nSPS) is 18.7. The highest BCUT2D eigenvalue weighted by atomic mass is 35.5. The van der Waals surface area contributed by atoms with Crippen LogP contribution in [0.5, 0.6) is 0 Å². The van der Waals surface area contributed by atoms with Crippen LogP contribution in [0.1, 0.15) is 39.5 Å². The summed E-state index contributed by atoms with van der Waals surface area (Å²) >= 11 is 11.8. The second kappa shape index (κ2) is 9.58. The average molecular weight is 400 g/mol. The molecule has 0 aliphatic carbocycles. The molecule has 0 aromatic heterocycles. The number of likely N-dealkylation sites (N-methyl/N-ethyl adjacent to an activating group) is 1. The van der Waals surface area contributed by atoms with Crippen molar-refractivity contribution in [2.75, 3.05) is 25.5 Å². The van der Waals surface area contributed by atoms with Gasteiger partial charge in [0.2, 0.25) is 11.8 Å². The Hall–Kier alpha value is -1.30. The summed E-state index contributed by atoms with van der Waals surface area (Å²) < 4.78 is 0. The smallest absolute Gasteiger partial charge is 0.239 e. The zero-order valence-corrected chi connectivity index (χ0v) is 17.1. The van der Waals surface area contributed by atoms with Crippen molar-refractivity contribution in [3.05, 3.63) is 28.2 Å². The van der Waals surface area contributed by atoms with E-state index in [0.717, 1.165) is 25.8 Å². The van der Waals surface area contributed by atoms with Gasteiger partial charge in [0.05, 0.1) is 22.6 Å². The number of anilines is 1. The molecule has 5 nitrogen and oxygen atoms in total. The molecule has 0 saturated carbocycles. The molecule has 1 saturated heterocycles. The van der Waals surface area contributed by atoms with Crippen LogP contribution >= 0.6 is 23.2 Å². The van der Waals surface area contributed by atoms with Crippen LogP contribution in [0.25, 0.3) is 0 Å². The molecule has 2 unspecified atom stereocenters. The van der Waals surface area contributed by atoms with E-state index in [1.54, 1.807) is 30.1 Å². The Kier molecular flexibility index (Phi) is 7.74. The molecule has 26 heavy (non-hydrogen) atoms. The molecule has 0 bridgehead atoms. The van der Waals surface area contributed by atoms with E-state index in [2.05, 4.69) is 12.2 Å². The topological polar surface area (TPSA) is 52.7 Å². The maximum Gasteiger partial charge on any atom is 0.239 e. The standard InChI is InChI=1S/C19H27Cl2N3O2/c1-4-15-7-5-6-10-24(15)19(26)13(2)23(3)12-18(25)22-14-8-9-16(20)17(21)11-14/h8-9,11,13,15H,4-7,10,12H2,1-3H3,(H,22,25). The van der Waals surface area contributed by atoms with Gasteiger partial charge in [-0.05, 0) is 57.9 Å². The highest BCUT2D eigenvalue weighted by Gasteiger charge is 2.30. The highest BCUT2D eigenvalue weighted by Crippen LogP contribution is 2.25. The number of benzene rings is 1. The van der Waals surface area contributed by atoms with Gasteiger partial charge in [0.1, 0.15) is 0 Å². The number of nitrogens with zero attached hydrogens (tertiary/aromatic N) is 2. The van der Waals surface area contributed by atoms with Crippen LogP contribution in [-0.2, 0) is 9.59 Å². The van der Waals surface area contributed by atoms with E-state index in [9.17, 15) is 9.59 Å². The third-order valence-electron chi connectivity index (χ3n) is 5.00. The van der Waals surface area contributed by atoms with Gasteiger partial charge in [0.15, 0.2) is 0 Å². The fourth-order valence-corrected chi connectivity index (χ4v) is 3.58. The van der Waals surface area contributed by atoms with Crippen LogP contribution in [0.15, 0.2) is 18.2 Å². The predicted octanol–water partition coefficient (Wildman–Crippen LogP) is 4.04. The molecule has 1 aliphatic heterocycles.